The highest BCUT2D eigenvalue weighted by Crippen LogP contribution is 2.16. The van der Waals surface area contributed by atoms with Crippen LogP contribution in [0, 0.1) is 13.8 Å². The van der Waals surface area contributed by atoms with Gasteiger partial charge in [0, 0.05) is 11.6 Å². The summed E-state index contributed by atoms with van der Waals surface area (Å²) < 4.78 is 6.84. The Labute approximate surface area is 141 Å². The summed E-state index contributed by atoms with van der Waals surface area (Å²) in [6.07, 6.45) is 3.63. The van der Waals surface area contributed by atoms with E-state index in [2.05, 4.69) is 45.1 Å². The Morgan fingerprint density at radius 2 is 2.00 bits per heavy atom. The van der Waals surface area contributed by atoms with E-state index in [1.807, 2.05) is 26.0 Å². The van der Waals surface area contributed by atoms with Crippen LogP contribution < -0.4 is 5.32 Å². The quantitative estimate of drug-likeness (QED) is 0.672. The molecule has 0 aliphatic heterocycles. The molecule has 0 saturated carbocycles. The molecule has 126 valence electrons. The standard InChI is InChI=1S/C17H22N6O/c1-12(18-10-4-5-17-13(2)20-24-14(17)3)15-6-8-16(9-7-15)23-11-19-21-22-23/h6-9,11-12,18H,4-5,10H2,1-3H3/t12-/m0/s1. The number of hydrogen-bond donors (Lipinski definition) is 1. The smallest absolute Gasteiger partial charge is 0.143 e. The Morgan fingerprint density at radius 1 is 1.21 bits per heavy atom. The molecule has 1 N–H and O–H groups in total. The van der Waals surface area contributed by atoms with E-state index in [1.165, 1.54) is 11.1 Å². The van der Waals surface area contributed by atoms with Crippen molar-refractivity contribution in [1.82, 2.24) is 30.7 Å². The number of rotatable bonds is 7. The van der Waals surface area contributed by atoms with Gasteiger partial charge in [-0.2, -0.15) is 0 Å². The molecule has 0 aliphatic rings. The first-order valence-corrected chi connectivity index (χ1v) is 8.13. The Hall–Kier alpha value is -2.54. The molecule has 2 aromatic heterocycles. The van der Waals surface area contributed by atoms with Crippen LogP contribution in [0.4, 0.5) is 0 Å². The van der Waals surface area contributed by atoms with Crippen LogP contribution in [0.3, 0.4) is 0 Å². The highest BCUT2D eigenvalue weighted by Gasteiger charge is 2.09. The molecule has 1 aromatic carbocycles. The lowest BCUT2D eigenvalue weighted by atomic mass is 10.1. The SMILES string of the molecule is Cc1noc(C)c1CCCN[C@@H](C)c1ccc(-n2cnnn2)cc1. The average Bonchev–Trinajstić information content (AvgIpc) is 3.23. The van der Waals surface area contributed by atoms with Crippen LogP contribution in [-0.2, 0) is 6.42 Å². The van der Waals surface area contributed by atoms with Crippen LogP contribution in [0.25, 0.3) is 5.69 Å². The minimum absolute atomic E-state index is 0.289. The number of aryl methyl sites for hydroxylation is 2. The maximum Gasteiger partial charge on any atom is 0.143 e. The van der Waals surface area contributed by atoms with E-state index in [0.717, 1.165) is 36.5 Å². The number of hydrogen-bond acceptors (Lipinski definition) is 6. The Kier molecular flexibility index (Phi) is 5.00. The second-order valence-corrected chi connectivity index (χ2v) is 5.93. The van der Waals surface area contributed by atoms with Crippen molar-refractivity contribution in [2.24, 2.45) is 0 Å². The number of nitrogens with one attached hydrogen (secondary N) is 1. The second kappa shape index (κ2) is 7.35. The Morgan fingerprint density at radius 3 is 2.62 bits per heavy atom. The molecule has 2 heterocycles. The Bertz CT molecular complexity index is 743. The molecule has 0 amide bonds. The fourth-order valence-electron chi connectivity index (χ4n) is 2.76. The normalized spacial score (nSPS) is 12.5. The van der Waals surface area contributed by atoms with Crippen LogP contribution in [0.1, 0.15) is 42.0 Å². The predicted octanol–water partition coefficient (Wildman–Crippen LogP) is 2.55. The zero-order valence-electron chi connectivity index (χ0n) is 14.2. The third-order valence-corrected chi connectivity index (χ3v) is 4.24. The number of aromatic nitrogens is 5. The van der Waals surface area contributed by atoms with E-state index in [1.54, 1.807) is 11.0 Å². The maximum absolute atomic E-state index is 5.20. The molecular formula is C17H22N6O. The van der Waals surface area contributed by atoms with E-state index in [-0.39, 0.29) is 6.04 Å². The highest BCUT2D eigenvalue weighted by molar-refractivity contribution is 5.34. The monoisotopic (exact) mass is 326 g/mol. The molecule has 0 saturated heterocycles. The van der Waals surface area contributed by atoms with Gasteiger partial charge in [-0.1, -0.05) is 17.3 Å². The maximum atomic E-state index is 5.20. The molecule has 0 spiro atoms. The van der Waals surface area contributed by atoms with Gasteiger partial charge >= 0.3 is 0 Å². The van der Waals surface area contributed by atoms with E-state index in [9.17, 15) is 0 Å². The van der Waals surface area contributed by atoms with Crippen molar-refractivity contribution in [3.05, 3.63) is 53.2 Å². The first-order valence-electron chi connectivity index (χ1n) is 8.13. The van der Waals surface area contributed by atoms with Gasteiger partial charge in [-0.25, -0.2) is 4.68 Å². The fourth-order valence-corrected chi connectivity index (χ4v) is 2.76. The van der Waals surface area contributed by atoms with E-state index in [4.69, 9.17) is 4.52 Å². The summed E-state index contributed by atoms with van der Waals surface area (Å²) in [5.74, 6) is 0.929. The van der Waals surface area contributed by atoms with Crippen molar-refractivity contribution in [2.75, 3.05) is 6.54 Å². The van der Waals surface area contributed by atoms with Crippen LogP contribution in [0.5, 0.6) is 0 Å². The van der Waals surface area contributed by atoms with Crippen molar-refractivity contribution >= 4 is 0 Å². The van der Waals surface area contributed by atoms with E-state index < -0.39 is 0 Å². The van der Waals surface area contributed by atoms with Gasteiger partial charge in [0.1, 0.15) is 12.1 Å². The van der Waals surface area contributed by atoms with Gasteiger partial charge in [-0.05, 0) is 68.3 Å². The van der Waals surface area contributed by atoms with Crippen LogP contribution in [0.15, 0.2) is 35.1 Å². The van der Waals surface area contributed by atoms with Gasteiger partial charge in [0.25, 0.3) is 0 Å². The topological polar surface area (TPSA) is 81.7 Å². The summed E-state index contributed by atoms with van der Waals surface area (Å²) >= 11 is 0. The summed E-state index contributed by atoms with van der Waals surface area (Å²) in [4.78, 5) is 0. The lowest BCUT2D eigenvalue weighted by Gasteiger charge is -2.14. The Balaban J connectivity index is 1.49. The summed E-state index contributed by atoms with van der Waals surface area (Å²) in [6, 6.07) is 8.53. The van der Waals surface area contributed by atoms with Gasteiger partial charge in [0.2, 0.25) is 0 Å². The highest BCUT2D eigenvalue weighted by atomic mass is 16.5. The third kappa shape index (κ3) is 3.68. The molecule has 3 rings (SSSR count). The van der Waals surface area contributed by atoms with Gasteiger partial charge in [0.05, 0.1) is 11.4 Å². The fraction of sp³-hybridized carbons (Fsp3) is 0.412. The van der Waals surface area contributed by atoms with Gasteiger partial charge < -0.3 is 9.84 Å². The molecular weight excluding hydrogens is 304 g/mol. The molecule has 1 atom stereocenters. The van der Waals surface area contributed by atoms with Gasteiger partial charge in [-0.3, -0.25) is 0 Å². The molecule has 0 unspecified atom stereocenters. The average molecular weight is 326 g/mol. The van der Waals surface area contributed by atoms with Crippen molar-refractivity contribution in [3.8, 4) is 5.69 Å². The summed E-state index contributed by atoms with van der Waals surface area (Å²) in [6.45, 7) is 7.08. The van der Waals surface area contributed by atoms with Crippen molar-refractivity contribution in [3.63, 3.8) is 0 Å². The lowest BCUT2D eigenvalue weighted by Crippen LogP contribution is -2.20. The van der Waals surface area contributed by atoms with Crippen LogP contribution in [0.2, 0.25) is 0 Å². The molecule has 3 aromatic rings. The minimum atomic E-state index is 0.289. The predicted molar refractivity (Wildman–Crippen MR) is 89.9 cm³/mol. The minimum Gasteiger partial charge on any atom is -0.361 e. The summed E-state index contributed by atoms with van der Waals surface area (Å²) in [7, 11) is 0. The molecule has 7 nitrogen and oxygen atoms in total. The number of tetrazole rings is 1. The first kappa shape index (κ1) is 16.3. The lowest BCUT2D eigenvalue weighted by molar-refractivity contribution is 0.392. The van der Waals surface area contributed by atoms with Crippen molar-refractivity contribution in [2.45, 2.75) is 39.7 Å². The van der Waals surface area contributed by atoms with Gasteiger partial charge in [0.15, 0.2) is 0 Å². The summed E-state index contributed by atoms with van der Waals surface area (Å²) in [5, 5.41) is 18.7. The summed E-state index contributed by atoms with van der Waals surface area (Å²) in [5.41, 5.74) is 4.42. The molecule has 0 fully saturated rings. The molecule has 7 heteroatoms. The van der Waals surface area contributed by atoms with E-state index in [0.29, 0.717) is 0 Å². The largest absolute Gasteiger partial charge is 0.361 e. The third-order valence-electron chi connectivity index (χ3n) is 4.24. The zero-order valence-corrected chi connectivity index (χ0v) is 14.2. The van der Waals surface area contributed by atoms with Crippen molar-refractivity contribution in [1.29, 1.82) is 0 Å². The zero-order chi connectivity index (χ0) is 16.9. The van der Waals surface area contributed by atoms with E-state index >= 15 is 0 Å². The molecule has 0 bridgehead atoms. The molecule has 0 aliphatic carbocycles. The number of nitrogens with zero attached hydrogens (tertiary/aromatic N) is 5. The number of benzene rings is 1. The van der Waals surface area contributed by atoms with Gasteiger partial charge in [-0.15, -0.1) is 5.10 Å². The van der Waals surface area contributed by atoms with Crippen LogP contribution >= 0.6 is 0 Å². The second-order valence-electron chi connectivity index (χ2n) is 5.93. The molecule has 0 radical (unpaired) electrons. The molecule has 24 heavy (non-hydrogen) atoms. The van der Waals surface area contributed by atoms with Crippen LogP contribution in [-0.4, -0.2) is 31.9 Å². The van der Waals surface area contributed by atoms with Crippen molar-refractivity contribution < 1.29 is 4.52 Å². The first-order chi connectivity index (χ1) is 11.6.